The van der Waals surface area contributed by atoms with Gasteiger partial charge in [-0.3, -0.25) is 4.55 Å². The Kier molecular flexibility index (Phi) is 6.07. The van der Waals surface area contributed by atoms with E-state index >= 15 is 0 Å². The topological polar surface area (TPSA) is 89.9 Å². The first-order chi connectivity index (χ1) is 14.9. The van der Waals surface area contributed by atoms with E-state index in [1.807, 2.05) is 6.08 Å². The second-order valence-corrected chi connectivity index (χ2v) is 12.8. The molecule has 0 saturated heterocycles. The third-order valence-corrected chi connectivity index (χ3v) is 9.93. The summed E-state index contributed by atoms with van der Waals surface area (Å²) < 4.78 is 41.1. The van der Waals surface area contributed by atoms with Gasteiger partial charge in [-0.25, -0.2) is 4.79 Å². The quantitative estimate of drug-likeness (QED) is 0.322. The fourth-order valence-corrected chi connectivity index (χ4v) is 8.46. The number of carbonyl (C=O) groups excluding carboxylic acids is 1. The molecule has 0 aromatic rings. The molecule has 180 valence electrons. The largest absolute Gasteiger partial charge is 0.458 e. The van der Waals surface area contributed by atoms with Crippen LogP contribution in [0.3, 0.4) is 0 Å². The highest BCUT2D eigenvalue weighted by molar-refractivity contribution is 7.81. The lowest BCUT2D eigenvalue weighted by atomic mass is 9.38. The van der Waals surface area contributed by atoms with Gasteiger partial charge in [0.25, 0.3) is 0 Å². The summed E-state index contributed by atoms with van der Waals surface area (Å²) in [5.41, 5.74) is 2.29. The van der Waals surface area contributed by atoms with Crippen LogP contribution >= 0.6 is 0 Å². The lowest BCUT2D eigenvalue weighted by molar-refractivity contribution is -0.167. The van der Waals surface area contributed by atoms with Gasteiger partial charge in [0.1, 0.15) is 12.9 Å². The molecule has 3 saturated carbocycles. The van der Waals surface area contributed by atoms with Crippen LogP contribution in [0, 0.1) is 34.0 Å². The fraction of sp³-hybridized carbons (Fsp3) is 0.800. The first-order valence-electron chi connectivity index (χ1n) is 12.0. The number of carbonyl (C=O) groups is 1. The van der Waals surface area contributed by atoms with E-state index in [2.05, 4.69) is 31.9 Å². The van der Waals surface area contributed by atoms with Gasteiger partial charge in [0.2, 0.25) is 0 Å². The highest BCUT2D eigenvalue weighted by Crippen LogP contribution is 2.70. The van der Waals surface area contributed by atoms with Crippen molar-refractivity contribution in [1.82, 2.24) is 0 Å². The molecule has 0 bridgehead atoms. The van der Waals surface area contributed by atoms with Crippen molar-refractivity contribution in [3.63, 3.8) is 0 Å². The van der Waals surface area contributed by atoms with E-state index in [-0.39, 0.29) is 16.8 Å². The van der Waals surface area contributed by atoms with E-state index < -0.39 is 10.4 Å². The van der Waals surface area contributed by atoms with Crippen molar-refractivity contribution >= 4 is 16.4 Å². The van der Waals surface area contributed by atoms with Crippen LogP contribution in [0.2, 0.25) is 0 Å². The Morgan fingerprint density at radius 3 is 2.59 bits per heavy atom. The molecule has 32 heavy (non-hydrogen) atoms. The van der Waals surface area contributed by atoms with Crippen LogP contribution < -0.4 is 0 Å². The first-order valence-corrected chi connectivity index (χ1v) is 13.4. The van der Waals surface area contributed by atoms with E-state index in [0.717, 1.165) is 49.7 Å². The molecule has 1 N–H and O–H groups in total. The predicted molar refractivity (Wildman–Crippen MR) is 122 cm³/mol. The summed E-state index contributed by atoms with van der Waals surface area (Å²) >= 11 is 0. The normalized spacial score (nSPS) is 40.3. The molecule has 1 aliphatic heterocycles. The molecule has 3 fully saturated rings. The van der Waals surface area contributed by atoms with Crippen LogP contribution in [-0.2, 0) is 24.1 Å². The fourth-order valence-electron chi connectivity index (χ4n) is 8.20. The van der Waals surface area contributed by atoms with E-state index in [1.165, 1.54) is 25.5 Å². The van der Waals surface area contributed by atoms with Gasteiger partial charge < -0.3 is 8.92 Å². The number of allylic oxidation sites excluding steroid dienone is 1. The Bertz CT molecular complexity index is 932. The highest BCUT2D eigenvalue weighted by atomic mass is 32.3. The van der Waals surface area contributed by atoms with Gasteiger partial charge in [0.05, 0.1) is 0 Å². The summed E-state index contributed by atoms with van der Waals surface area (Å²) in [6.07, 6.45) is 12.3. The molecule has 0 aromatic heterocycles. The van der Waals surface area contributed by atoms with Crippen molar-refractivity contribution in [2.24, 2.45) is 34.0 Å². The van der Waals surface area contributed by atoms with Crippen LogP contribution in [0.1, 0.15) is 85.5 Å². The van der Waals surface area contributed by atoms with Crippen molar-refractivity contribution < 1.29 is 26.7 Å². The SMILES string of the molecule is CC1(C)CCC[C@]2(C)[C@H]3CC/C(=C\OS(=O)(=O)O)C[C@@]3(C)[C@H](CCC3=CCOC3=O)C[C@@H]12. The maximum absolute atomic E-state index is 12.0. The maximum Gasteiger partial charge on any atom is 0.445 e. The molecule has 4 aliphatic rings. The minimum absolute atomic E-state index is 0.00556. The minimum Gasteiger partial charge on any atom is -0.458 e. The summed E-state index contributed by atoms with van der Waals surface area (Å²) in [4.78, 5) is 12.0. The van der Waals surface area contributed by atoms with E-state index in [4.69, 9.17) is 9.29 Å². The lowest BCUT2D eigenvalue weighted by Gasteiger charge is -2.66. The highest BCUT2D eigenvalue weighted by Gasteiger charge is 2.61. The van der Waals surface area contributed by atoms with Crippen LogP contribution in [0.15, 0.2) is 23.5 Å². The molecule has 0 unspecified atom stereocenters. The second kappa shape index (κ2) is 8.15. The monoisotopic (exact) mass is 466 g/mol. The predicted octanol–water partition coefficient (Wildman–Crippen LogP) is 5.61. The smallest absolute Gasteiger partial charge is 0.445 e. The van der Waals surface area contributed by atoms with Gasteiger partial charge in [-0.05, 0) is 97.0 Å². The number of esters is 1. The minimum atomic E-state index is -4.50. The van der Waals surface area contributed by atoms with Gasteiger partial charge in [-0.2, -0.15) is 8.42 Å². The van der Waals surface area contributed by atoms with Gasteiger partial charge in [-0.1, -0.05) is 34.1 Å². The number of fused-ring (bicyclic) bond motifs is 3. The standard InChI is InChI=1S/C25H38O6S/c1-23(2)11-5-12-24(3)20-9-6-17(16-31-32(27,28)29)15-25(20,4)19(14-21(23)24)8-7-18-10-13-30-22(18)26/h10,16,19-21H,5-9,11-15H2,1-4H3,(H,27,28,29)/b17-16+/t19-,20-,21+,24-,25+/m1/s1. The Morgan fingerprint density at radius 1 is 1.19 bits per heavy atom. The summed E-state index contributed by atoms with van der Waals surface area (Å²) in [6.45, 7) is 10.1. The van der Waals surface area contributed by atoms with Gasteiger partial charge in [0.15, 0.2) is 0 Å². The molecule has 1 heterocycles. The summed E-state index contributed by atoms with van der Waals surface area (Å²) in [5.74, 6) is 1.41. The Morgan fingerprint density at radius 2 is 1.94 bits per heavy atom. The molecular weight excluding hydrogens is 428 g/mol. The van der Waals surface area contributed by atoms with Crippen LogP contribution in [0.5, 0.6) is 0 Å². The van der Waals surface area contributed by atoms with Crippen molar-refractivity contribution in [2.75, 3.05) is 6.61 Å². The van der Waals surface area contributed by atoms with Crippen molar-refractivity contribution in [3.8, 4) is 0 Å². The van der Waals surface area contributed by atoms with Crippen molar-refractivity contribution in [2.45, 2.75) is 85.5 Å². The molecule has 7 heteroatoms. The molecule has 0 spiro atoms. The Hall–Kier alpha value is -1.34. The zero-order valence-corrected chi connectivity index (χ0v) is 20.7. The van der Waals surface area contributed by atoms with Crippen molar-refractivity contribution in [3.05, 3.63) is 23.5 Å². The molecule has 6 nitrogen and oxygen atoms in total. The third-order valence-electron chi connectivity index (χ3n) is 9.59. The zero-order valence-electron chi connectivity index (χ0n) is 19.9. The number of hydrogen-bond acceptors (Lipinski definition) is 5. The van der Waals surface area contributed by atoms with Crippen LogP contribution in [-0.4, -0.2) is 25.5 Å². The molecule has 0 amide bonds. The average molecular weight is 467 g/mol. The molecule has 0 aromatic carbocycles. The first kappa shape index (κ1) is 23.8. The second-order valence-electron chi connectivity index (χ2n) is 11.8. The average Bonchev–Trinajstić information content (AvgIpc) is 3.08. The number of rotatable bonds is 5. The van der Waals surface area contributed by atoms with Crippen LogP contribution in [0.4, 0.5) is 0 Å². The van der Waals surface area contributed by atoms with Gasteiger partial charge in [0, 0.05) is 5.57 Å². The number of ether oxygens (including phenoxy) is 1. The molecule has 0 radical (unpaired) electrons. The lowest BCUT2D eigenvalue weighted by Crippen LogP contribution is -2.59. The molecule has 4 rings (SSSR count). The van der Waals surface area contributed by atoms with E-state index in [0.29, 0.717) is 29.8 Å². The number of cyclic esters (lactones) is 1. The Labute approximate surface area is 192 Å². The molecular formula is C25H38O6S. The van der Waals surface area contributed by atoms with E-state index in [9.17, 15) is 13.2 Å². The molecule has 3 aliphatic carbocycles. The van der Waals surface area contributed by atoms with Gasteiger partial charge >= 0.3 is 16.4 Å². The van der Waals surface area contributed by atoms with Gasteiger partial charge in [-0.15, -0.1) is 0 Å². The van der Waals surface area contributed by atoms with Crippen molar-refractivity contribution in [1.29, 1.82) is 0 Å². The molecule has 5 atom stereocenters. The third kappa shape index (κ3) is 4.27. The zero-order chi connectivity index (χ0) is 23.4. The van der Waals surface area contributed by atoms with E-state index in [1.54, 1.807) is 0 Å². The maximum atomic E-state index is 12.0. The summed E-state index contributed by atoms with van der Waals surface area (Å²) in [5, 5.41) is 0. The summed E-state index contributed by atoms with van der Waals surface area (Å²) in [6, 6.07) is 0. The summed E-state index contributed by atoms with van der Waals surface area (Å²) in [7, 11) is -4.50. The Balaban J connectivity index is 1.65. The van der Waals surface area contributed by atoms with Crippen LogP contribution in [0.25, 0.3) is 0 Å². The number of hydrogen-bond donors (Lipinski definition) is 1.